The predicted octanol–water partition coefficient (Wildman–Crippen LogP) is -1.37. The van der Waals surface area contributed by atoms with Gasteiger partial charge in [0.1, 0.15) is 42.7 Å². The van der Waals surface area contributed by atoms with E-state index in [9.17, 15) is 30.6 Å². The molecule has 0 spiro atoms. The van der Waals surface area contributed by atoms with E-state index >= 15 is 0 Å². The van der Waals surface area contributed by atoms with Gasteiger partial charge in [0, 0.05) is 6.61 Å². The lowest BCUT2D eigenvalue weighted by atomic mass is 9.99. The first-order valence-electron chi connectivity index (χ1n) is 10.5. The molecule has 29 heavy (non-hydrogen) atoms. The van der Waals surface area contributed by atoms with Crippen molar-refractivity contribution in [3.63, 3.8) is 0 Å². The molecule has 0 aromatic heterocycles. The van der Waals surface area contributed by atoms with Gasteiger partial charge in [-0.3, -0.25) is 0 Å². The molecule has 2 fully saturated rings. The molecule has 2 heterocycles. The molecule has 6 N–H and O–H groups in total. The van der Waals surface area contributed by atoms with Gasteiger partial charge in [-0.1, -0.05) is 39.0 Å². The first-order chi connectivity index (χ1) is 13.9. The van der Waals surface area contributed by atoms with Crippen molar-refractivity contribution < 1.29 is 49.6 Å². The molecule has 10 nitrogen and oxygen atoms in total. The van der Waals surface area contributed by atoms with Gasteiger partial charge in [-0.15, -0.1) is 0 Å². The van der Waals surface area contributed by atoms with Crippen LogP contribution in [0.25, 0.3) is 0 Å². The Morgan fingerprint density at radius 2 is 1.38 bits per heavy atom. The van der Waals surface area contributed by atoms with Gasteiger partial charge in [-0.05, 0) is 6.42 Å². The molecular weight excluding hydrogens is 388 g/mol. The van der Waals surface area contributed by atoms with E-state index in [1.807, 2.05) is 0 Å². The van der Waals surface area contributed by atoms with Gasteiger partial charge < -0.3 is 49.6 Å². The second-order valence-corrected chi connectivity index (χ2v) is 7.74. The van der Waals surface area contributed by atoms with Crippen LogP contribution >= 0.6 is 0 Å². The topological polar surface area (TPSA) is 158 Å². The Morgan fingerprint density at radius 3 is 2.10 bits per heavy atom. The van der Waals surface area contributed by atoms with Gasteiger partial charge in [0.2, 0.25) is 0 Å². The zero-order valence-electron chi connectivity index (χ0n) is 16.9. The van der Waals surface area contributed by atoms with Crippen LogP contribution in [0.2, 0.25) is 0 Å². The third-order valence-corrected chi connectivity index (χ3v) is 5.33. The average molecular weight is 424 g/mol. The normalized spacial score (nSPS) is 40.9. The van der Waals surface area contributed by atoms with Crippen LogP contribution in [0.15, 0.2) is 0 Å². The molecule has 2 saturated heterocycles. The van der Waals surface area contributed by atoms with Crippen LogP contribution in [0.3, 0.4) is 0 Å². The molecule has 9 atom stereocenters. The molecule has 2 aliphatic heterocycles. The molecule has 10 heteroatoms. The molecule has 0 radical (unpaired) electrons. The number of hydrogen-bond donors (Lipinski definition) is 6. The molecule has 0 unspecified atom stereocenters. The standard InChI is InChI=1S/C19H36O10/c1-2-3-4-5-6-7-8-26-19-17(25)15(23)14(22)12(29-19)10-28-18-16(24)13(21)11(20)9-27-18/h11-25H,2-10H2,1H3/t11-,12+,13+,14+,15-,16-,17+,18+,19+/m0/s1. The third kappa shape index (κ3) is 7.06. The summed E-state index contributed by atoms with van der Waals surface area (Å²) >= 11 is 0. The van der Waals surface area contributed by atoms with Crippen molar-refractivity contribution in [1.29, 1.82) is 0 Å². The highest BCUT2D eigenvalue weighted by atomic mass is 16.7. The maximum Gasteiger partial charge on any atom is 0.186 e. The Morgan fingerprint density at radius 1 is 0.724 bits per heavy atom. The minimum Gasteiger partial charge on any atom is -0.388 e. The van der Waals surface area contributed by atoms with E-state index in [0.717, 1.165) is 19.3 Å². The third-order valence-electron chi connectivity index (χ3n) is 5.33. The highest BCUT2D eigenvalue weighted by molar-refractivity contribution is 4.90. The Kier molecular flexibility index (Phi) is 10.7. The maximum absolute atomic E-state index is 10.1. The summed E-state index contributed by atoms with van der Waals surface area (Å²) in [5.74, 6) is 0. The SMILES string of the molecule is CCCCCCCCO[C@@H]1O[C@H](CO[C@H]2OC[C@H](O)[C@@H](O)[C@@H]2O)[C@@H](O)[C@H](O)[C@H]1O. The van der Waals surface area contributed by atoms with E-state index in [-0.39, 0.29) is 13.2 Å². The molecule has 0 aromatic rings. The zero-order chi connectivity index (χ0) is 21.4. The minimum absolute atomic E-state index is 0.220. The average Bonchev–Trinajstić information content (AvgIpc) is 2.71. The molecule has 2 rings (SSSR count). The first kappa shape index (κ1) is 24.9. The molecule has 0 saturated carbocycles. The van der Waals surface area contributed by atoms with Crippen molar-refractivity contribution >= 4 is 0 Å². The summed E-state index contributed by atoms with van der Waals surface area (Å²) in [6, 6.07) is 0. The monoisotopic (exact) mass is 424 g/mol. The van der Waals surface area contributed by atoms with Gasteiger partial charge in [-0.2, -0.15) is 0 Å². The Bertz CT molecular complexity index is 453. The van der Waals surface area contributed by atoms with Crippen LogP contribution in [0.5, 0.6) is 0 Å². The highest BCUT2D eigenvalue weighted by Crippen LogP contribution is 2.24. The number of unbranched alkanes of at least 4 members (excludes halogenated alkanes) is 5. The van der Waals surface area contributed by atoms with Crippen molar-refractivity contribution in [1.82, 2.24) is 0 Å². The lowest BCUT2D eigenvalue weighted by Gasteiger charge is -2.41. The summed E-state index contributed by atoms with van der Waals surface area (Å²) in [6.45, 7) is 1.99. The largest absolute Gasteiger partial charge is 0.388 e. The van der Waals surface area contributed by atoms with E-state index in [1.54, 1.807) is 0 Å². The Hall–Kier alpha value is -0.400. The Balaban J connectivity index is 1.77. The number of ether oxygens (including phenoxy) is 4. The summed E-state index contributed by atoms with van der Waals surface area (Å²) in [5, 5.41) is 59.3. The van der Waals surface area contributed by atoms with Crippen molar-refractivity contribution in [2.24, 2.45) is 0 Å². The lowest BCUT2D eigenvalue weighted by molar-refractivity contribution is -0.320. The highest BCUT2D eigenvalue weighted by Gasteiger charge is 2.45. The predicted molar refractivity (Wildman–Crippen MR) is 99.7 cm³/mol. The van der Waals surface area contributed by atoms with Gasteiger partial charge >= 0.3 is 0 Å². The van der Waals surface area contributed by atoms with Crippen LogP contribution < -0.4 is 0 Å². The smallest absolute Gasteiger partial charge is 0.186 e. The molecule has 0 amide bonds. The van der Waals surface area contributed by atoms with E-state index in [2.05, 4.69) is 6.92 Å². The second-order valence-electron chi connectivity index (χ2n) is 7.74. The zero-order valence-corrected chi connectivity index (χ0v) is 16.9. The number of aliphatic hydroxyl groups excluding tert-OH is 6. The molecule has 0 aromatic carbocycles. The summed E-state index contributed by atoms with van der Waals surface area (Å²) in [5.41, 5.74) is 0. The van der Waals surface area contributed by atoms with Crippen molar-refractivity contribution in [2.45, 2.75) is 101 Å². The fourth-order valence-corrected chi connectivity index (χ4v) is 3.39. The molecule has 2 aliphatic rings. The summed E-state index contributed by atoms with van der Waals surface area (Å²) in [7, 11) is 0. The number of hydrogen-bond acceptors (Lipinski definition) is 10. The fraction of sp³-hybridized carbons (Fsp3) is 1.00. The molecule has 0 aliphatic carbocycles. The molecule has 172 valence electrons. The van der Waals surface area contributed by atoms with Crippen LogP contribution in [0.4, 0.5) is 0 Å². The van der Waals surface area contributed by atoms with Gasteiger partial charge in [-0.25, -0.2) is 0 Å². The summed E-state index contributed by atoms with van der Waals surface area (Å²) in [6.07, 6.45) is -5.42. The second kappa shape index (κ2) is 12.5. The van der Waals surface area contributed by atoms with Gasteiger partial charge in [0.05, 0.1) is 13.2 Å². The Labute approximate surface area is 171 Å². The minimum atomic E-state index is -1.49. The maximum atomic E-state index is 10.1. The van der Waals surface area contributed by atoms with Gasteiger partial charge in [0.15, 0.2) is 12.6 Å². The molecular formula is C19H36O10. The van der Waals surface area contributed by atoms with E-state index in [0.29, 0.717) is 6.61 Å². The van der Waals surface area contributed by atoms with Crippen molar-refractivity contribution in [2.75, 3.05) is 19.8 Å². The van der Waals surface area contributed by atoms with Crippen molar-refractivity contribution in [3.05, 3.63) is 0 Å². The van der Waals surface area contributed by atoms with Crippen LogP contribution in [0.1, 0.15) is 45.4 Å². The van der Waals surface area contributed by atoms with Crippen LogP contribution in [-0.2, 0) is 18.9 Å². The van der Waals surface area contributed by atoms with E-state index in [4.69, 9.17) is 18.9 Å². The quantitative estimate of drug-likeness (QED) is 0.218. The lowest BCUT2D eigenvalue weighted by Crippen LogP contribution is -2.60. The van der Waals surface area contributed by atoms with Gasteiger partial charge in [0.25, 0.3) is 0 Å². The van der Waals surface area contributed by atoms with Crippen LogP contribution in [-0.4, -0.2) is 106 Å². The summed E-state index contributed by atoms with van der Waals surface area (Å²) in [4.78, 5) is 0. The summed E-state index contributed by atoms with van der Waals surface area (Å²) < 4.78 is 21.6. The first-order valence-corrected chi connectivity index (χ1v) is 10.5. The van der Waals surface area contributed by atoms with Crippen molar-refractivity contribution in [3.8, 4) is 0 Å². The van der Waals surface area contributed by atoms with Crippen LogP contribution in [0, 0.1) is 0 Å². The molecule has 0 bridgehead atoms. The number of aliphatic hydroxyl groups is 6. The number of rotatable bonds is 11. The fourth-order valence-electron chi connectivity index (χ4n) is 3.39. The van der Waals surface area contributed by atoms with E-state index < -0.39 is 55.3 Å². The van der Waals surface area contributed by atoms with E-state index in [1.165, 1.54) is 19.3 Å².